The zero-order valence-corrected chi connectivity index (χ0v) is 20.5. The smallest absolute Gasteiger partial charge is 0.326 e. The number of amides is 3. The SMILES string of the molecule is CCC(C)C(NC(=O)C(CCCCN)NC(=O)C(N)CS)C(=O)NC(Cc1cnc[nH]1)C(=O)O. The minimum atomic E-state index is -1.22. The molecule has 1 heterocycles. The van der Waals surface area contributed by atoms with Crippen LogP contribution in [0.4, 0.5) is 0 Å². The number of carbonyl (C=O) groups is 4. The van der Waals surface area contributed by atoms with Crippen LogP contribution in [0.2, 0.25) is 0 Å². The molecule has 34 heavy (non-hydrogen) atoms. The zero-order chi connectivity index (χ0) is 25.7. The highest BCUT2D eigenvalue weighted by Crippen LogP contribution is 2.11. The summed E-state index contributed by atoms with van der Waals surface area (Å²) in [5.74, 6) is -3.13. The second-order valence-electron chi connectivity index (χ2n) is 8.19. The number of nitrogens with two attached hydrogens (primary N) is 2. The molecule has 0 aromatic carbocycles. The predicted octanol–water partition coefficient (Wildman–Crippen LogP) is -1.08. The molecule has 0 aliphatic heterocycles. The number of hydrogen-bond acceptors (Lipinski definition) is 8. The number of unbranched alkanes of at least 4 members (excludes halogenated alkanes) is 1. The van der Waals surface area contributed by atoms with Gasteiger partial charge in [0, 0.05) is 24.1 Å². The maximum Gasteiger partial charge on any atom is 0.326 e. The number of thiol groups is 1. The van der Waals surface area contributed by atoms with Crippen molar-refractivity contribution in [3.8, 4) is 0 Å². The van der Waals surface area contributed by atoms with Crippen molar-refractivity contribution in [1.29, 1.82) is 0 Å². The highest BCUT2D eigenvalue weighted by molar-refractivity contribution is 7.80. The van der Waals surface area contributed by atoms with Gasteiger partial charge in [0.2, 0.25) is 17.7 Å². The first-order valence-corrected chi connectivity index (χ1v) is 11.9. The molecule has 0 bridgehead atoms. The Bertz CT molecular complexity index is 792. The molecule has 0 radical (unpaired) electrons. The molecule has 192 valence electrons. The number of nitrogens with one attached hydrogen (secondary N) is 4. The molecule has 1 aromatic rings. The first kappa shape index (κ1) is 29.4. The average molecular weight is 500 g/mol. The van der Waals surface area contributed by atoms with Gasteiger partial charge in [0.15, 0.2) is 0 Å². The van der Waals surface area contributed by atoms with Gasteiger partial charge in [-0.3, -0.25) is 14.4 Å². The molecule has 5 unspecified atom stereocenters. The van der Waals surface area contributed by atoms with Crippen LogP contribution in [0.3, 0.4) is 0 Å². The standard InChI is InChI=1S/C21H37N7O5S/c1-3-12(2)17(20(31)27-16(21(32)33)8-13-9-24-11-25-13)28-19(30)15(6-4-5-7-22)26-18(29)14(23)10-34/h9,11-12,14-17,34H,3-8,10,22-23H2,1-2H3,(H,24,25)(H,26,29)(H,27,31)(H,28,30)(H,32,33). The number of aromatic amines is 1. The number of aliphatic carboxylic acids is 1. The molecule has 0 spiro atoms. The molecular formula is C21H37N7O5S. The highest BCUT2D eigenvalue weighted by Gasteiger charge is 2.32. The van der Waals surface area contributed by atoms with E-state index in [1.807, 2.05) is 6.92 Å². The van der Waals surface area contributed by atoms with E-state index < -0.39 is 47.9 Å². The summed E-state index contributed by atoms with van der Waals surface area (Å²) in [7, 11) is 0. The fraction of sp³-hybridized carbons (Fsp3) is 0.667. The monoisotopic (exact) mass is 499 g/mol. The first-order valence-electron chi connectivity index (χ1n) is 11.3. The fourth-order valence-corrected chi connectivity index (χ4v) is 3.32. The van der Waals surface area contributed by atoms with Crippen LogP contribution in [0.1, 0.15) is 45.2 Å². The van der Waals surface area contributed by atoms with E-state index in [0.717, 1.165) is 0 Å². The predicted molar refractivity (Wildman–Crippen MR) is 130 cm³/mol. The number of carboxylic acids is 1. The van der Waals surface area contributed by atoms with Gasteiger partial charge in [-0.2, -0.15) is 12.6 Å². The molecule has 0 fully saturated rings. The van der Waals surface area contributed by atoms with Crippen molar-refractivity contribution in [2.24, 2.45) is 17.4 Å². The topological polar surface area (TPSA) is 205 Å². The minimum absolute atomic E-state index is 0.00162. The van der Waals surface area contributed by atoms with E-state index in [0.29, 0.717) is 37.9 Å². The van der Waals surface area contributed by atoms with Crippen molar-refractivity contribution < 1.29 is 24.3 Å². The van der Waals surface area contributed by atoms with Crippen LogP contribution in [0.5, 0.6) is 0 Å². The third-order valence-corrected chi connectivity index (χ3v) is 5.89. The maximum absolute atomic E-state index is 13.1. The van der Waals surface area contributed by atoms with E-state index in [2.05, 4.69) is 38.5 Å². The summed E-state index contributed by atoms with van der Waals surface area (Å²) < 4.78 is 0. The number of imidazole rings is 1. The Morgan fingerprint density at radius 1 is 1.12 bits per heavy atom. The molecule has 0 aliphatic rings. The molecule has 9 N–H and O–H groups in total. The third kappa shape index (κ3) is 9.69. The van der Waals surface area contributed by atoms with Gasteiger partial charge < -0.3 is 37.5 Å². The summed E-state index contributed by atoms with van der Waals surface area (Å²) in [6, 6.07) is -4.04. The van der Waals surface area contributed by atoms with E-state index in [1.54, 1.807) is 6.92 Å². The van der Waals surface area contributed by atoms with E-state index in [1.165, 1.54) is 12.5 Å². The summed E-state index contributed by atoms with van der Waals surface area (Å²) in [6.45, 7) is 4.06. The van der Waals surface area contributed by atoms with E-state index >= 15 is 0 Å². The second kappa shape index (κ2) is 15.3. The van der Waals surface area contributed by atoms with Crippen molar-refractivity contribution in [3.63, 3.8) is 0 Å². The van der Waals surface area contributed by atoms with Crippen molar-refractivity contribution in [3.05, 3.63) is 18.2 Å². The lowest BCUT2D eigenvalue weighted by Crippen LogP contribution is -2.59. The lowest BCUT2D eigenvalue weighted by molar-refractivity contribution is -0.142. The van der Waals surface area contributed by atoms with Crippen LogP contribution >= 0.6 is 12.6 Å². The van der Waals surface area contributed by atoms with Gasteiger partial charge in [-0.05, 0) is 31.7 Å². The Hall–Kier alpha value is -2.64. The van der Waals surface area contributed by atoms with Crippen LogP contribution in [-0.2, 0) is 25.6 Å². The summed E-state index contributed by atoms with van der Waals surface area (Å²) in [5, 5.41) is 17.4. The number of H-pyrrole nitrogens is 1. The Balaban J connectivity index is 2.98. The Labute approximate surface area is 204 Å². The molecule has 1 aromatic heterocycles. The fourth-order valence-electron chi connectivity index (χ4n) is 3.16. The quantitative estimate of drug-likeness (QED) is 0.103. The molecule has 3 amide bonds. The van der Waals surface area contributed by atoms with E-state index in [9.17, 15) is 24.3 Å². The van der Waals surface area contributed by atoms with Crippen molar-refractivity contribution >= 4 is 36.3 Å². The first-order chi connectivity index (χ1) is 16.1. The lowest BCUT2D eigenvalue weighted by Gasteiger charge is -2.28. The van der Waals surface area contributed by atoms with Crippen LogP contribution in [0.15, 0.2) is 12.5 Å². The zero-order valence-electron chi connectivity index (χ0n) is 19.6. The van der Waals surface area contributed by atoms with E-state index in [4.69, 9.17) is 11.5 Å². The molecule has 0 aliphatic carbocycles. The largest absolute Gasteiger partial charge is 0.480 e. The van der Waals surface area contributed by atoms with Gasteiger partial charge in [-0.15, -0.1) is 0 Å². The molecule has 0 saturated carbocycles. The maximum atomic E-state index is 13.1. The van der Waals surface area contributed by atoms with Crippen LogP contribution in [0, 0.1) is 5.92 Å². The molecule has 13 heteroatoms. The molecule has 1 rings (SSSR count). The van der Waals surface area contributed by atoms with Gasteiger partial charge in [-0.1, -0.05) is 20.3 Å². The van der Waals surface area contributed by atoms with Crippen molar-refractivity contribution in [2.45, 2.75) is 70.1 Å². The van der Waals surface area contributed by atoms with Crippen molar-refractivity contribution in [2.75, 3.05) is 12.3 Å². The Morgan fingerprint density at radius 3 is 2.32 bits per heavy atom. The summed E-state index contributed by atoms with van der Waals surface area (Å²) in [6.07, 6.45) is 4.97. The minimum Gasteiger partial charge on any atom is -0.480 e. The number of carboxylic acid groups (broad SMARTS) is 1. The molecular weight excluding hydrogens is 462 g/mol. The van der Waals surface area contributed by atoms with E-state index in [-0.39, 0.29) is 18.1 Å². The lowest BCUT2D eigenvalue weighted by atomic mass is 9.96. The summed E-state index contributed by atoms with van der Waals surface area (Å²) in [4.78, 5) is 56.7. The summed E-state index contributed by atoms with van der Waals surface area (Å²) in [5.41, 5.74) is 11.8. The molecule has 5 atom stereocenters. The Morgan fingerprint density at radius 2 is 1.79 bits per heavy atom. The van der Waals surface area contributed by atoms with Crippen LogP contribution < -0.4 is 27.4 Å². The number of nitrogens with zero attached hydrogens (tertiary/aromatic N) is 1. The molecule has 12 nitrogen and oxygen atoms in total. The van der Waals surface area contributed by atoms with Gasteiger partial charge in [-0.25, -0.2) is 9.78 Å². The summed E-state index contributed by atoms with van der Waals surface area (Å²) >= 11 is 4.01. The van der Waals surface area contributed by atoms with Crippen molar-refractivity contribution in [1.82, 2.24) is 25.9 Å². The third-order valence-electron chi connectivity index (χ3n) is 5.50. The molecule has 0 saturated heterocycles. The van der Waals surface area contributed by atoms with Gasteiger partial charge in [0.25, 0.3) is 0 Å². The number of rotatable bonds is 16. The number of aromatic nitrogens is 2. The van der Waals surface area contributed by atoms with Crippen LogP contribution in [-0.4, -0.2) is 75.2 Å². The van der Waals surface area contributed by atoms with Gasteiger partial charge in [0.05, 0.1) is 12.4 Å². The van der Waals surface area contributed by atoms with Gasteiger partial charge in [0.1, 0.15) is 18.1 Å². The second-order valence-corrected chi connectivity index (χ2v) is 8.55. The number of hydrogen-bond donors (Lipinski definition) is 8. The van der Waals surface area contributed by atoms with Crippen LogP contribution in [0.25, 0.3) is 0 Å². The average Bonchev–Trinajstić information content (AvgIpc) is 3.33. The number of carbonyl (C=O) groups excluding carboxylic acids is 3. The highest BCUT2D eigenvalue weighted by atomic mass is 32.1. The Kier molecular flexibility index (Phi) is 13.2. The van der Waals surface area contributed by atoms with Gasteiger partial charge >= 0.3 is 5.97 Å². The normalized spacial score (nSPS) is 15.4.